The number of hydrogen-bond acceptors (Lipinski definition) is 2. The molecule has 1 aliphatic carbocycles. The van der Waals surface area contributed by atoms with Crippen molar-refractivity contribution in [2.45, 2.75) is 11.3 Å². The van der Waals surface area contributed by atoms with Crippen LogP contribution in [0.4, 0.5) is 5.69 Å². The molecule has 120 valence electrons. The lowest BCUT2D eigenvalue weighted by molar-refractivity contribution is 0.601. The number of rotatable bonds is 3. The number of sulfonamides is 1. The second kappa shape index (κ2) is 5.76. The Bertz CT molecular complexity index is 1030. The van der Waals surface area contributed by atoms with Crippen molar-refractivity contribution >= 4 is 31.6 Å². The minimum absolute atomic E-state index is 0.289. The molecule has 1 N–H and O–H groups in total. The third-order valence-corrected chi connectivity index (χ3v) is 6.08. The van der Waals surface area contributed by atoms with Gasteiger partial charge >= 0.3 is 0 Å². The summed E-state index contributed by atoms with van der Waals surface area (Å²) in [7, 11) is -3.60. The van der Waals surface area contributed by atoms with Crippen LogP contribution in [0.5, 0.6) is 0 Å². The van der Waals surface area contributed by atoms with Crippen molar-refractivity contribution in [3.8, 4) is 11.1 Å². The second-order valence-corrected chi connectivity index (χ2v) is 8.36. The summed E-state index contributed by atoms with van der Waals surface area (Å²) in [6, 6.07) is 20.6. The van der Waals surface area contributed by atoms with Crippen molar-refractivity contribution in [3.63, 3.8) is 0 Å². The molecule has 0 saturated heterocycles. The van der Waals surface area contributed by atoms with Gasteiger partial charge in [0.15, 0.2) is 0 Å². The van der Waals surface area contributed by atoms with Crippen LogP contribution in [0, 0.1) is 0 Å². The predicted octanol–water partition coefficient (Wildman–Crippen LogP) is 4.82. The maximum Gasteiger partial charge on any atom is 0.261 e. The zero-order chi connectivity index (χ0) is 16.7. The largest absolute Gasteiger partial charge is 0.280 e. The molecule has 0 bridgehead atoms. The van der Waals surface area contributed by atoms with E-state index in [2.05, 4.69) is 32.8 Å². The molecule has 4 rings (SSSR count). The topological polar surface area (TPSA) is 46.2 Å². The summed E-state index contributed by atoms with van der Waals surface area (Å²) in [5, 5.41) is 0. The molecule has 0 amide bonds. The van der Waals surface area contributed by atoms with Crippen molar-refractivity contribution < 1.29 is 8.42 Å². The van der Waals surface area contributed by atoms with Crippen LogP contribution in [-0.2, 0) is 16.4 Å². The SMILES string of the molecule is O=S(=O)(Nc1ccc(Br)cc1)c1ccc2c(c1)Cc1ccccc1-2. The highest BCUT2D eigenvalue weighted by Crippen LogP contribution is 2.37. The molecule has 0 atom stereocenters. The van der Waals surface area contributed by atoms with E-state index in [1.165, 1.54) is 11.1 Å². The molecule has 24 heavy (non-hydrogen) atoms. The van der Waals surface area contributed by atoms with Gasteiger partial charge in [-0.05, 0) is 65.1 Å². The summed E-state index contributed by atoms with van der Waals surface area (Å²) in [5.74, 6) is 0. The highest BCUT2D eigenvalue weighted by atomic mass is 79.9. The van der Waals surface area contributed by atoms with Crippen LogP contribution >= 0.6 is 15.9 Å². The van der Waals surface area contributed by atoms with Gasteiger partial charge in [-0.15, -0.1) is 0 Å². The number of benzene rings is 3. The Morgan fingerprint density at radius 1 is 0.833 bits per heavy atom. The van der Waals surface area contributed by atoms with Crippen molar-refractivity contribution in [1.82, 2.24) is 0 Å². The molecule has 1 aliphatic rings. The van der Waals surface area contributed by atoms with Crippen molar-refractivity contribution in [2.24, 2.45) is 0 Å². The van der Waals surface area contributed by atoms with Crippen LogP contribution < -0.4 is 4.72 Å². The van der Waals surface area contributed by atoms with Gasteiger partial charge in [0.05, 0.1) is 4.90 Å². The molecule has 0 saturated carbocycles. The molecule has 3 aromatic carbocycles. The van der Waals surface area contributed by atoms with Crippen molar-refractivity contribution in [1.29, 1.82) is 0 Å². The highest BCUT2D eigenvalue weighted by molar-refractivity contribution is 9.10. The summed E-state index contributed by atoms with van der Waals surface area (Å²) in [4.78, 5) is 0.289. The van der Waals surface area contributed by atoms with Gasteiger partial charge in [-0.25, -0.2) is 8.42 Å². The standard InChI is InChI=1S/C19H14BrNO2S/c20-15-5-7-16(8-6-15)21-24(22,23)17-9-10-19-14(12-17)11-13-3-1-2-4-18(13)19/h1-10,12,21H,11H2. The molecule has 0 aromatic heterocycles. The molecule has 3 aromatic rings. The smallest absolute Gasteiger partial charge is 0.261 e. The second-order valence-electron chi connectivity index (χ2n) is 5.77. The fourth-order valence-electron chi connectivity index (χ4n) is 3.02. The van der Waals surface area contributed by atoms with Crippen LogP contribution in [0.25, 0.3) is 11.1 Å². The quantitative estimate of drug-likeness (QED) is 0.536. The minimum Gasteiger partial charge on any atom is -0.280 e. The monoisotopic (exact) mass is 399 g/mol. The van der Waals surface area contributed by atoms with E-state index in [9.17, 15) is 8.42 Å². The first kappa shape index (κ1) is 15.4. The van der Waals surface area contributed by atoms with E-state index in [1.54, 1.807) is 36.4 Å². The van der Waals surface area contributed by atoms with Gasteiger partial charge in [0.25, 0.3) is 10.0 Å². The van der Waals surface area contributed by atoms with E-state index < -0.39 is 10.0 Å². The number of anilines is 1. The predicted molar refractivity (Wildman–Crippen MR) is 99.6 cm³/mol. The number of fused-ring (bicyclic) bond motifs is 3. The van der Waals surface area contributed by atoms with Gasteiger partial charge in [-0.2, -0.15) is 0 Å². The van der Waals surface area contributed by atoms with Crippen LogP contribution in [0.3, 0.4) is 0 Å². The third-order valence-electron chi connectivity index (χ3n) is 4.17. The molecule has 3 nitrogen and oxygen atoms in total. The Balaban J connectivity index is 1.68. The van der Waals surface area contributed by atoms with Gasteiger partial charge in [0, 0.05) is 10.2 Å². The molecule has 0 radical (unpaired) electrons. The van der Waals surface area contributed by atoms with E-state index in [-0.39, 0.29) is 4.90 Å². The van der Waals surface area contributed by atoms with Gasteiger partial charge in [0.1, 0.15) is 0 Å². The first-order valence-electron chi connectivity index (χ1n) is 7.52. The summed E-state index contributed by atoms with van der Waals surface area (Å²) < 4.78 is 28.8. The molecule has 5 heteroatoms. The Kier molecular flexibility index (Phi) is 3.70. The maximum atomic E-state index is 12.6. The molecular weight excluding hydrogens is 386 g/mol. The Morgan fingerprint density at radius 2 is 1.54 bits per heavy atom. The fraction of sp³-hybridized carbons (Fsp3) is 0.0526. The minimum atomic E-state index is -3.60. The van der Waals surface area contributed by atoms with Crippen molar-refractivity contribution in [2.75, 3.05) is 4.72 Å². The molecule has 0 aliphatic heterocycles. The van der Waals surface area contributed by atoms with Crippen LogP contribution in [0.1, 0.15) is 11.1 Å². The van der Waals surface area contributed by atoms with E-state index >= 15 is 0 Å². The van der Waals surface area contributed by atoms with Crippen molar-refractivity contribution in [3.05, 3.63) is 82.3 Å². The van der Waals surface area contributed by atoms with Crippen LogP contribution in [0.15, 0.2) is 76.1 Å². The fourth-order valence-corrected chi connectivity index (χ4v) is 4.39. The van der Waals surface area contributed by atoms with Crippen LogP contribution in [-0.4, -0.2) is 8.42 Å². The Hall–Kier alpha value is -2.11. The van der Waals surface area contributed by atoms with E-state index in [0.29, 0.717) is 5.69 Å². The lowest BCUT2D eigenvalue weighted by Gasteiger charge is -2.10. The molecular formula is C19H14BrNO2S. The van der Waals surface area contributed by atoms with Gasteiger partial charge in [0.2, 0.25) is 0 Å². The van der Waals surface area contributed by atoms with E-state index in [1.807, 2.05) is 18.2 Å². The molecule has 0 heterocycles. The van der Waals surface area contributed by atoms with Gasteiger partial charge in [-0.3, -0.25) is 4.72 Å². The van der Waals surface area contributed by atoms with Gasteiger partial charge in [-0.1, -0.05) is 46.3 Å². The lowest BCUT2D eigenvalue weighted by Crippen LogP contribution is -2.13. The normalized spacial score (nSPS) is 12.5. The summed E-state index contributed by atoms with van der Waals surface area (Å²) in [6.07, 6.45) is 0.771. The summed E-state index contributed by atoms with van der Waals surface area (Å²) >= 11 is 3.34. The first-order valence-corrected chi connectivity index (χ1v) is 9.80. The Morgan fingerprint density at radius 3 is 2.33 bits per heavy atom. The third kappa shape index (κ3) is 2.74. The lowest BCUT2D eigenvalue weighted by atomic mass is 10.1. The average Bonchev–Trinajstić information content (AvgIpc) is 2.94. The summed E-state index contributed by atoms with van der Waals surface area (Å²) in [5.41, 5.74) is 5.14. The summed E-state index contributed by atoms with van der Waals surface area (Å²) in [6.45, 7) is 0. The molecule has 0 spiro atoms. The number of halogens is 1. The molecule has 0 fully saturated rings. The Labute approximate surface area is 149 Å². The van der Waals surface area contributed by atoms with Crippen LogP contribution in [0.2, 0.25) is 0 Å². The van der Waals surface area contributed by atoms with Gasteiger partial charge < -0.3 is 0 Å². The highest BCUT2D eigenvalue weighted by Gasteiger charge is 2.21. The zero-order valence-electron chi connectivity index (χ0n) is 12.7. The maximum absolute atomic E-state index is 12.6. The molecule has 0 unspecified atom stereocenters. The van der Waals surface area contributed by atoms with E-state index in [0.717, 1.165) is 22.0 Å². The average molecular weight is 400 g/mol. The number of nitrogens with one attached hydrogen (secondary N) is 1. The first-order chi connectivity index (χ1) is 11.5. The number of hydrogen-bond donors (Lipinski definition) is 1. The van der Waals surface area contributed by atoms with E-state index in [4.69, 9.17) is 0 Å². The zero-order valence-corrected chi connectivity index (χ0v) is 15.1.